The Kier molecular flexibility index (Phi) is 4.09. The highest BCUT2D eigenvalue weighted by Gasteiger charge is 2.08. The Bertz CT molecular complexity index is 764. The topological polar surface area (TPSA) is 87.1 Å². The van der Waals surface area contributed by atoms with Crippen LogP contribution in [0.2, 0.25) is 0 Å². The highest BCUT2D eigenvalue weighted by Crippen LogP contribution is 2.17. The minimum atomic E-state index is -0.777. The van der Waals surface area contributed by atoms with E-state index >= 15 is 0 Å². The maximum atomic E-state index is 12.0. The van der Waals surface area contributed by atoms with E-state index in [1.165, 1.54) is 28.7 Å². The first kappa shape index (κ1) is 14.1. The molecule has 1 aromatic carbocycles. The monoisotopic (exact) mass is 291 g/mol. The standard InChI is InChI=1S/C13H13N3O3S/c1-20-10-4-2-3-9(7-10)16-6-5-15(8-11(14)17)12(18)13(16)19/h2-7H,8H2,1H3,(H2,14,17). The lowest BCUT2D eigenvalue weighted by molar-refractivity contribution is -0.118. The zero-order valence-corrected chi connectivity index (χ0v) is 11.6. The molecule has 2 N–H and O–H groups in total. The molecule has 0 saturated heterocycles. The van der Waals surface area contributed by atoms with Gasteiger partial charge in [0.2, 0.25) is 5.91 Å². The van der Waals surface area contributed by atoms with Crippen molar-refractivity contribution in [1.29, 1.82) is 0 Å². The summed E-state index contributed by atoms with van der Waals surface area (Å²) in [4.78, 5) is 35.7. The largest absolute Gasteiger partial charge is 0.368 e. The lowest BCUT2D eigenvalue weighted by Gasteiger charge is -2.08. The van der Waals surface area contributed by atoms with Crippen LogP contribution in [0.25, 0.3) is 5.69 Å². The van der Waals surface area contributed by atoms with Gasteiger partial charge >= 0.3 is 11.1 Å². The van der Waals surface area contributed by atoms with Gasteiger partial charge in [0.1, 0.15) is 6.54 Å². The molecule has 0 bridgehead atoms. The van der Waals surface area contributed by atoms with Crippen molar-refractivity contribution in [2.75, 3.05) is 6.26 Å². The van der Waals surface area contributed by atoms with Crippen molar-refractivity contribution in [2.45, 2.75) is 11.4 Å². The van der Waals surface area contributed by atoms with Crippen molar-refractivity contribution in [3.63, 3.8) is 0 Å². The molecule has 20 heavy (non-hydrogen) atoms. The van der Waals surface area contributed by atoms with Crippen LogP contribution in [-0.4, -0.2) is 21.3 Å². The van der Waals surface area contributed by atoms with Crippen LogP contribution in [0.3, 0.4) is 0 Å². The van der Waals surface area contributed by atoms with Crippen LogP contribution < -0.4 is 16.9 Å². The number of rotatable bonds is 4. The average molecular weight is 291 g/mol. The van der Waals surface area contributed by atoms with E-state index in [4.69, 9.17) is 5.73 Å². The number of amides is 1. The molecule has 0 spiro atoms. The van der Waals surface area contributed by atoms with Crippen LogP contribution in [0.15, 0.2) is 51.1 Å². The summed E-state index contributed by atoms with van der Waals surface area (Å²) in [6, 6.07) is 7.26. The van der Waals surface area contributed by atoms with Gasteiger partial charge in [0.25, 0.3) is 0 Å². The molecular formula is C13H13N3O3S. The summed E-state index contributed by atoms with van der Waals surface area (Å²) in [7, 11) is 0. The second-order valence-electron chi connectivity index (χ2n) is 4.07. The number of benzene rings is 1. The van der Waals surface area contributed by atoms with Gasteiger partial charge in [-0.15, -0.1) is 11.8 Å². The first-order valence-electron chi connectivity index (χ1n) is 5.78. The Morgan fingerprint density at radius 3 is 2.65 bits per heavy atom. The van der Waals surface area contributed by atoms with Gasteiger partial charge in [-0.2, -0.15) is 0 Å². The van der Waals surface area contributed by atoms with E-state index in [0.29, 0.717) is 5.69 Å². The molecule has 0 aliphatic heterocycles. The molecule has 7 heteroatoms. The number of thioether (sulfide) groups is 1. The van der Waals surface area contributed by atoms with Gasteiger partial charge in [0, 0.05) is 23.0 Å². The summed E-state index contributed by atoms with van der Waals surface area (Å²) in [6.45, 7) is -0.306. The molecule has 0 atom stereocenters. The van der Waals surface area contributed by atoms with Crippen molar-refractivity contribution in [3.05, 3.63) is 57.4 Å². The molecule has 1 aromatic heterocycles. The van der Waals surface area contributed by atoms with Gasteiger partial charge in [-0.3, -0.25) is 23.5 Å². The third-order valence-corrected chi connectivity index (χ3v) is 3.44. The van der Waals surface area contributed by atoms with Gasteiger partial charge < -0.3 is 5.73 Å². The van der Waals surface area contributed by atoms with Gasteiger partial charge in [-0.25, -0.2) is 0 Å². The second kappa shape index (κ2) is 5.79. The quantitative estimate of drug-likeness (QED) is 0.644. The molecule has 1 amide bonds. The lowest BCUT2D eigenvalue weighted by Crippen LogP contribution is -2.41. The smallest absolute Gasteiger partial charge is 0.320 e. The number of hydrogen-bond acceptors (Lipinski definition) is 4. The Morgan fingerprint density at radius 2 is 2.00 bits per heavy atom. The molecule has 0 unspecified atom stereocenters. The van der Waals surface area contributed by atoms with Gasteiger partial charge in [-0.1, -0.05) is 6.07 Å². The first-order valence-corrected chi connectivity index (χ1v) is 7.00. The zero-order valence-electron chi connectivity index (χ0n) is 10.8. The molecule has 104 valence electrons. The summed E-state index contributed by atoms with van der Waals surface area (Å²) in [5.41, 5.74) is 4.13. The fourth-order valence-electron chi connectivity index (χ4n) is 1.76. The number of primary amides is 1. The predicted octanol–water partition coefficient (Wildman–Crippen LogP) is 0.206. The van der Waals surface area contributed by atoms with Crippen molar-refractivity contribution in [2.24, 2.45) is 5.73 Å². The van der Waals surface area contributed by atoms with Crippen molar-refractivity contribution < 1.29 is 4.79 Å². The molecule has 0 fully saturated rings. The molecule has 0 saturated carbocycles. The number of nitrogens with two attached hydrogens (primary N) is 1. The highest BCUT2D eigenvalue weighted by molar-refractivity contribution is 7.98. The van der Waals surface area contributed by atoms with Crippen molar-refractivity contribution in [3.8, 4) is 5.69 Å². The van der Waals surface area contributed by atoms with Crippen molar-refractivity contribution >= 4 is 17.7 Å². The van der Waals surface area contributed by atoms with Crippen molar-refractivity contribution in [1.82, 2.24) is 9.13 Å². The number of carbonyl (C=O) groups is 1. The van der Waals surface area contributed by atoms with Crippen LogP contribution in [0, 0.1) is 0 Å². The van der Waals surface area contributed by atoms with E-state index in [-0.39, 0.29) is 6.54 Å². The Labute approximate surface area is 118 Å². The summed E-state index contributed by atoms with van der Waals surface area (Å²) in [5.74, 6) is -0.673. The number of carbonyl (C=O) groups excluding carboxylic acids is 1. The molecular weight excluding hydrogens is 278 g/mol. The summed E-state index contributed by atoms with van der Waals surface area (Å²) < 4.78 is 2.25. The fourth-order valence-corrected chi connectivity index (χ4v) is 2.22. The van der Waals surface area contributed by atoms with E-state index in [2.05, 4.69) is 0 Å². The SMILES string of the molecule is CSc1cccc(-n2ccn(CC(N)=O)c(=O)c2=O)c1. The van der Waals surface area contributed by atoms with E-state index in [1.807, 2.05) is 24.5 Å². The second-order valence-corrected chi connectivity index (χ2v) is 4.95. The van der Waals surface area contributed by atoms with E-state index < -0.39 is 17.0 Å². The Hall–Kier alpha value is -2.28. The van der Waals surface area contributed by atoms with Crippen LogP contribution in [0.4, 0.5) is 0 Å². The summed E-state index contributed by atoms with van der Waals surface area (Å²) in [5, 5.41) is 0. The predicted molar refractivity (Wildman–Crippen MR) is 77.3 cm³/mol. The highest BCUT2D eigenvalue weighted by atomic mass is 32.2. The Morgan fingerprint density at radius 1 is 1.25 bits per heavy atom. The van der Waals surface area contributed by atoms with Crippen LogP contribution >= 0.6 is 11.8 Å². The van der Waals surface area contributed by atoms with Gasteiger partial charge in [0.05, 0.1) is 0 Å². The van der Waals surface area contributed by atoms with E-state index in [9.17, 15) is 14.4 Å². The van der Waals surface area contributed by atoms with Gasteiger partial charge in [0.15, 0.2) is 0 Å². The lowest BCUT2D eigenvalue weighted by atomic mass is 10.3. The maximum absolute atomic E-state index is 12.0. The first-order chi connectivity index (χ1) is 9.52. The third kappa shape index (κ3) is 2.83. The molecule has 0 aliphatic carbocycles. The molecule has 0 radical (unpaired) electrons. The van der Waals surface area contributed by atoms with Crippen LogP contribution in [0.1, 0.15) is 0 Å². The normalized spacial score (nSPS) is 10.4. The number of hydrogen-bond donors (Lipinski definition) is 1. The third-order valence-electron chi connectivity index (χ3n) is 2.72. The molecule has 1 heterocycles. The zero-order chi connectivity index (χ0) is 14.7. The minimum Gasteiger partial charge on any atom is -0.368 e. The molecule has 2 rings (SSSR count). The Balaban J connectivity index is 2.54. The minimum absolute atomic E-state index is 0.306. The molecule has 2 aromatic rings. The van der Waals surface area contributed by atoms with Crippen LogP contribution in [0.5, 0.6) is 0 Å². The maximum Gasteiger partial charge on any atom is 0.320 e. The summed E-state index contributed by atoms with van der Waals surface area (Å²) >= 11 is 1.54. The molecule has 6 nitrogen and oxygen atoms in total. The number of aromatic nitrogens is 2. The summed E-state index contributed by atoms with van der Waals surface area (Å²) in [6.07, 6.45) is 4.75. The average Bonchev–Trinajstić information content (AvgIpc) is 2.44. The van der Waals surface area contributed by atoms with Crippen LogP contribution in [-0.2, 0) is 11.3 Å². The van der Waals surface area contributed by atoms with E-state index in [0.717, 1.165) is 9.46 Å². The fraction of sp³-hybridized carbons (Fsp3) is 0.154. The van der Waals surface area contributed by atoms with Gasteiger partial charge in [-0.05, 0) is 24.5 Å². The molecule has 0 aliphatic rings. The van der Waals surface area contributed by atoms with E-state index in [1.54, 1.807) is 6.07 Å². The number of nitrogens with zero attached hydrogens (tertiary/aromatic N) is 2.